The first-order valence-electron chi connectivity index (χ1n) is 7.27. The zero-order chi connectivity index (χ0) is 16.3. The van der Waals surface area contributed by atoms with Crippen molar-refractivity contribution in [2.24, 2.45) is 0 Å². The number of fused-ring (bicyclic) bond motifs is 1. The number of nitrogens with one attached hydrogen (secondary N) is 1. The Morgan fingerprint density at radius 3 is 2.89 bits per heavy atom. The van der Waals surface area contributed by atoms with Gasteiger partial charge in [-0.25, -0.2) is 0 Å². The number of benzene rings is 1. The highest BCUT2D eigenvalue weighted by atomic mass is 16.2. The first kappa shape index (κ1) is 8.68. The molecule has 1 aromatic carbocycles. The van der Waals surface area contributed by atoms with Crippen molar-refractivity contribution in [3.05, 3.63) is 29.3 Å². The van der Waals surface area contributed by atoms with E-state index in [0.717, 1.165) is 0 Å². The van der Waals surface area contributed by atoms with Crippen LogP contribution in [0.4, 0.5) is 5.69 Å². The Hall–Kier alpha value is -2.37. The van der Waals surface area contributed by atoms with E-state index in [9.17, 15) is 14.4 Å². The molecule has 1 saturated heterocycles. The van der Waals surface area contributed by atoms with Crippen LogP contribution in [0.25, 0.3) is 0 Å². The van der Waals surface area contributed by atoms with Crippen LogP contribution in [0, 0.1) is 0 Å². The van der Waals surface area contributed by atoms with Crippen molar-refractivity contribution in [3.63, 3.8) is 0 Å². The van der Waals surface area contributed by atoms with Gasteiger partial charge in [0.1, 0.15) is 6.02 Å². The van der Waals surface area contributed by atoms with Gasteiger partial charge in [0.05, 0.1) is 4.11 Å². The summed E-state index contributed by atoms with van der Waals surface area (Å²) in [5.41, 5.74) is 5.83. The van der Waals surface area contributed by atoms with E-state index in [1.165, 1.54) is 18.2 Å². The lowest BCUT2D eigenvalue weighted by Gasteiger charge is -2.29. The molecular weight excluding hydrogens is 246 g/mol. The minimum atomic E-state index is -2.41. The number of amides is 3. The molecule has 0 spiro atoms. The van der Waals surface area contributed by atoms with E-state index < -0.39 is 30.2 Å². The number of imide groups is 1. The molecule has 0 aliphatic carbocycles. The second-order valence-electron chi connectivity index (χ2n) is 4.35. The van der Waals surface area contributed by atoms with Gasteiger partial charge in [0.2, 0.25) is 11.8 Å². The van der Waals surface area contributed by atoms with Gasteiger partial charge >= 0.3 is 0 Å². The van der Waals surface area contributed by atoms with E-state index >= 15 is 0 Å². The van der Waals surface area contributed by atoms with E-state index in [1.807, 2.05) is 5.32 Å². The lowest BCUT2D eigenvalue weighted by atomic mass is 10.0. The number of anilines is 1. The number of hydrogen-bond acceptors (Lipinski definition) is 4. The lowest BCUT2D eigenvalue weighted by Crippen LogP contribution is -2.52. The molecule has 0 radical (unpaired) electrons. The molecule has 1 atom stereocenters. The molecule has 2 aliphatic rings. The quantitative estimate of drug-likeness (QED) is 0.551. The van der Waals surface area contributed by atoms with Crippen LogP contribution in [0.2, 0.25) is 0 Å². The molecule has 3 rings (SSSR count). The Balaban J connectivity index is 2.14. The van der Waals surface area contributed by atoms with E-state index in [0.29, 0.717) is 4.90 Å². The molecule has 2 heterocycles. The Morgan fingerprint density at radius 2 is 2.21 bits per heavy atom. The molecule has 0 saturated carbocycles. The number of hydrogen-bond donors (Lipinski definition) is 2. The standard InChI is InChI=1S/C13H13N3O3/c14-9-3-1-2-7-8(9)6-16(13(7)19)10-4-5-11(17)15-12(10)18/h1-3,10H,4-6,14H2,(H,15,17,18)/i6D2,10D. The summed E-state index contributed by atoms with van der Waals surface area (Å²) >= 11 is 0. The normalized spacial score (nSPS) is 31.3. The largest absolute Gasteiger partial charge is 0.398 e. The molecule has 98 valence electrons. The van der Waals surface area contributed by atoms with Crippen LogP contribution in [0.1, 0.15) is 32.9 Å². The van der Waals surface area contributed by atoms with Crippen molar-refractivity contribution in [1.29, 1.82) is 0 Å². The zero-order valence-electron chi connectivity index (χ0n) is 12.9. The molecule has 2 aliphatic heterocycles. The van der Waals surface area contributed by atoms with Gasteiger partial charge < -0.3 is 10.6 Å². The molecule has 1 fully saturated rings. The van der Waals surface area contributed by atoms with Gasteiger partial charge in [-0.3, -0.25) is 19.7 Å². The maximum Gasteiger partial charge on any atom is 0.255 e. The number of carbonyl (C=O) groups is 3. The predicted octanol–water partition coefficient (Wildman–Crippen LogP) is 0.0298. The first-order chi connectivity index (χ1) is 10.2. The van der Waals surface area contributed by atoms with Crippen molar-refractivity contribution < 1.29 is 18.5 Å². The molecule has 1 unspecified atom stereocenters. The Bertz CT molecular complexity index is 722. The number of piperidine rings is 1. The van der Waals surface area contributed by atoms with Gasteiger partial charge in [0.15, 0.2) is 0 Å². The lowest BCUT2D eigenvalue weighted by molar-refractivity contribution is -0.136. The SMILES string of the molecule is [2H]C1(N2C(=O)c3cccc(N)c3C2([2H])[2H])CCC(=O)NC1=O. The van der Waals surface area contributed by atoms with Crippen LogP contribution in [-0.4, -0.2) is 28.6 Å². The van der Waals surface area contributed by atoms with Crippen molar-refractivity contribution in [2.75, 3.05) is 5.73 Å². The fourth-order valence-electron chi connectivity index (χ4n) is 2.17. The van der Waals surface area contributed by atoms with E-state index in [1.54, 1.807) is 0 Å². The maximum atomic E-state index is 12.5. The Kier molecular flexibility index (Phi) is 1.87. The summed E-state index contributed by atoms with van der Waals surface area (Å²) in [4.78, 5) is 36.4. The average molecular weight is 262 g/mol. The summed E-state index contributed by atoms with van der Waals surface area (Å²) in [6.07, 6.45) is -0.405. The van der Waals surface area contributed by atoms with Gasteiger partial charge in [-0.15, -0.1) is 0 Å². The summed E-state index contributed by atoms with van der Waals surface area (Å²) in [7, 11) is 0. The number of rotatable bonds is 1. The van der Waals surface area contributed by atoms with Gasteiger partial charge in [0.25, 0.3) is 5.91 Å². The number of nitrogens with two attached hydrogens (primary N) is 1. The Morgan fingerprint density at radius 1 is 1.42 bits per heavy atom. The molecule has 19 heavy (non-hydrogen) atoms. The van der Waals surface area contributed by atoms with Crippen molar-refractivity contribution in [1.82, 2.24) is 10.2 Å². The van der Waals surface area contributed by atoms with Crippen LogP contribution in [0.5, 0.6) is 0 Å². The predicted molar refractivity (Wildman–Crippen MR) is 66.9 cm³/mol. The third-order valence-corrected chi connectivity index (χ3v) is 3.13. The van der Waals surface area contributed by atoms with E-state index in [4.69, 9.17) is 9.85 Å². The van der Waals surface area contributed by atoms with Crippen molar-refractivity contribution >= 4 is 23.4 Å². The topological polar surface area (TPSA) is 92.5 Å². The van der Waals surface area contributed by atoms with Crippen molar-refractivity contribution in [2.45, 2.75) is 25.4 Å². The molecule has 1 aromatic rings. The van der Waals surface area contributed by atoms with Gasteiger partial charge in [-0.1, -0.05) is 6.07 Å². The third kappa shape index (κ3) is 1.76. The average Bonchev–Trinajstić information content (AvgIpc) is 2.63. The summed E-state index contributed by atoms with van der Waals surface area (Å²) < 4.78 is 24.7. The highest BCUT2D eigenvalue weighted by Crippen LogP contribution is 2.30. The first-order valence-corrected chi connectivity index (χ1v) is 5.77. The summed E-state index contributed by atoms with van der Waals surface area (Å²) in [5.74, 6) is -2.34. The Labute approximate surface area is 113 Å². The van der Waals surface area contributed by atoms with Crippen LogP contribution < -0.4 is 11.1 Å². The van der Waals surface area contributed by atoms with Crippen LogP contribution >= 0.6 is 0 Å². The summed E-state index contributed by atoms with van der Waals surface area (Å²) in [6, 6.07) is 2.17. The third-order valence-electron chi connectivity index (χ3n) is 3.13. The zero-order valence-corrected chi connectivity index (χ0v) is 9.90. The number of nitrogen functional groups attached to an aromatic ring is 1. The molecule has 6 heteroatoms. The van der Waals surface area contributed by atoms with Gasteiger partial charge in [0, 0.05) is 29.7 Å². The number of nitrogens with zero attached hydrogens (tertiary/aromatic N) is 1. The minimum Gasteiger partial charge on any atom is -0.398 e. The van der Waals surface area contributed by atoms with E-state index in [2.05, 4.69) is 0 Å². The molecule has 0 bridgehead atoms. The highest BCUT2D eigenvalue weighted by molar-refractivity contribution is 6.06. The van der Waals surface area contributed by atoms with Crippen LogP contribution in [0.3, 0.4) is 0 Å². The molecule has 3 N–H and O–H groups in total. The smallest absolute Gasteiger partial charge is 0.255 e. The monoisotopic (exact) mass is 262 g/mol. The summed E-state index contributed by atoms with van der Waals surface area (Å²) in [5, 5.41) is 1.99. The minimum absolute atomic E-state index is 0.0290. The van der Waals surface area contributed by atoms with Crippen LogP contribution in [0.15, 0.2) is 18.2 Å². The maximum absolute atomic E-state index is 12.5. The molecule has 0 aromatic heterocycles. The summed E-state index contributed by atoms with van der Waals surface area (Å²) in [6.45, 7) is -2.41. The second-order valence-corrected chi connectivity index (χ2v) is 4.35. The van der Waals surface area contributed by atoms with Crippen molar-refractivity contribution in [3.8, 4) is 0 Å². The fraction of sp³-hybridized carbons (Fsp3) is 0.308. The van der Waals surface area contributed by atoms with E-state index in [-0.39, 0.29) is 29.7 Å². The fourth-order valence-corrected chi connectivity index (χ4v) is 2.17. The molecule has 6 nitrogen and oxygen atoms in total. The number of carbonyl (C=O) groups excluding carboxylic acids is 3. The molecule has 3 amide bonds. The molecular formula is C13H13N3O3. The second kappa shape index (κ2) is 4.08. The van der Waals surface area contributed by atoms with Crippen LogP contribution in [-0.2, 0) is 16.1 Å². The van der Waals surface area contributed by atoms with Gasteiger partial charge in [-0.2, -0.15) is 0 Å². The van der Waals surface area contributed by atoms with Gasteiger partial charge in [-0.05, 0) is 18.6 Å². The highest BCUT2D eigenvalue weighted by Gasteiger charge is 2.39.